The molecule has 9 heteroatoms. The number of piperazine rings is 1. The summed E-state index contributed by atoms with van der Waals surface area (Å²) in [7, 11) is -3.82. The molecule has 1 aromatic heterocycles. The number of piperidine rings is 1. The molecule has 29 heavy (non-hydrogen) atoms. The molecule has 0 aliphatic carbocycles. The Morgan fingerprint density at radius 2 is 1.76 bits per heavy atom. The van der Waals surface area contributed by atoms with Gasteiger partial charge in [-0.1, -0.05) is 6.07 Å². The van der Waals surface area contributed by atoms with Crippen molar-refractivity contribution in [3.8, 4) is 0 Å². The number of nitrogens with zero attached hydrogens (tertiary/aromatic N) is 3. The van der Waals surface area contributed by atoms with Crippen LogP contribution >= 0.6 is 0 Å². The molecule has 0 spiro atoms. The summed E-state index contributed by atoms with van der Waals surface area (Å²) in [6.07, 6.45) is 5.80. The zero-order valence-electron chi connectivity index (χ0n) is 16.0. The molecule has 0 atom stereocenters. The van der Waals surface area contributed by atoms with Crippen LogP contribution < -0.4 is 5.32 Å². The molecule has 2 amide bonds. The number of rotatable bonds is 4. The lowest BCUT2D eigenvalue weighted by atomic mass is 10.0. The number of nitrogens with one attached hydrogen (secondary N) is 1. The van der Waals surface area contributed by atoms with Crippen molar-refractivity contribution in [3.63, 3.8) is 0 Å². The summed E-state index contributed by atoms with van der Waals surface area (Å²) in [6, 6.07) is 10.5. The van der Waals surface area contributed by atoms with Gasteiger partial charge in [0.2, 0.25) is 15.9 Å². The topological polar surface area (TPSA) is 91.7 Å². The van der Waals surface area contributed by atoms with Crippen LogP contribution in [0.15, 0.2) is 53.7 Å². The fourth-order valence-electron chi connectivity index (χ4n) is 3.90. The Hall–Kier alpha value is -2.65. The Morgan fingerprint density at radius 3 is 2.45 bits per heavy atom. The minimum atomic E-state index is -3.82. The van der Waals surface area contributed by atoms with E-state index in [0.717, 1.165) is 17.1 Å². The molecular formula is C20H24N4O4S. The minimum Gasteiger partial charge on any atom is -0.354 e. The van der Waals surface area contributed by atoms with Crippen molar-refractivity contribution in [1.29, 1.82) is 0 Å². The number of carbonyl (C=O) groups excluding carboxylic acids is 2. The lowest BCUT2D eigenvalue weighted by Crippen LogP contribution is -2.49. The van der Waals surface area contributed by atoms with Gasteiger partial charge in [-0.05, 0) is 43.2 Å². The van der Waals surface area contributed by atoms with Crippen molar-refractivity contribution in [2.24, 2.45) is 0 Å². The van der Waals surface area contributed by atoms with Gasteiger partial charge in [0.15, 0.2) is 0 Å². The molecule has 0 saturated carbocycles. The SMILES string of the molecule is O=C1CN(S(=O)(=O)c2cccc(C(=O)N3CCC(n4cccc4)CC3)c2)CCN1. The Labute approximate surface area is 170 Å². The molecule has 4 rings (SSSR count). The number of aromatic nitrogens is 1. The highest BCUT2D eigenvalue weighted by molar-refractivity contribution is 7.89. The zero-order valence-corrected chi connectivity index (χ0v) is 16.8. The summed E-state index contributed by atoms with van der Waals surface area (Å²) in [4.78, 5) is 26.3. The van der Waals surface area contributed by atoms with Gasteiger partial charge in [-0.25, -0.2) is 8.42 Å². The monoisotopic (exact) mass is 416 g/mol. The third kappa shape index (κ3) is 4.06. The second-order valence-electron chi connectivity index (χ2n) is 7.37. The Balaban J connectivity index is 1.47. The zero-order chi connectivity index (χ0) is 20.4. The summed E-state index contributed by atoms with van der Waals surface area (Å²) < 4.78 is 29.1. The van der Waals surface area contributed by atoms with E-state index < -0.39 is 10.0 Å². The van der Waals surface area contributed by atoms with Crippen LogP contribution in [0.5, 0.6) is 0 Å². The number of sulfonamides is 1. The van der Waals surface area contributed by atoms with E-state index >= 15 is 0 Å². The van der Waals surface area contributed by atoms with Crippen LogP contribution in [-0.2, 0) is 14.8 Å². The maximum Gasteiger partial charge on any atom is 0.253 e. The van der Waals surface area contributed by atoms with Gasteiger partial charge < -0.3 is 14.8 Å². The molecule has 3 heterocycles. The molecule has 2 aromatic rings. The predicted molar refractivity (Wildman–Crippen MR) is 107 cm³/mol. The van der Waals surface area contributed by atoms with Crippen molar-refractivity contribution in [1.82, 2.24) is 19.1 Å². The van der Waals surface area contributed by atoms with Crippen LogP contribution in [0.2, 0.25) is 0 Å². The molecule has 8 nitrogen and oxygen atoms in total. The van der Waals surface area contributed by atoms with Gasteiger partial charge in [0.1, 0.15) is 0 Å². The summed E-state index contributed by atoms with van der Waals surface area (Å²) >= 11 is 0. The predicted octanol–water partition coefficient (Wildman–Crippen LogP) is 1.09. The maximum atomic E-state index is 12.9. The van der Waals surface area contributed by atoms with Crippen LogP contribution in [0.4, 0.5) is 0 Å². The molecule has 2 aliphatic rings. The number of benzene rings is 1. The molecule has 2 saturated heterocycles. The van der Waals surface area contributed by atoms with Crippen LogP contribution in [0.1, 0.15) is 29.2 Å². The van der Waals surface area contributed by atoms with E-state index in [9.17, 15) is 18.0 Å². The van der Waals surface area contributed by atoms with Crippen molar-refractivity contribution in [3.05, 3.63) is 54.4 Å². The van der Waals surface area contributed by atoms with Crippen LogP contribution in [0.3, 0.4) is 0 Å². The van der Waals surface area contributed by atoms with Gasteiger partial charge in [0.25, 0.3) is 5.91 Å². The fraction of sp³-hybridized carbons (Fsp3) is 0.400. The first-order valence-electron chi connectivity index (χ1n) is 9.74. The quantitative estimate of drug-likeness (QED) is 0.808. The lowest BCUT2D eigenvalue weighted by Gasteiger charge is -2.33. The average molecular weight is 417 g/mol. The Kier molecular flexibility index (Phi) is 5.42. The molecule has 2 fully saturated rings. The highest BCUT2D eigenvalue weighted by atomic mass is 32.2. The first-order chi connectivity index (χ1) is 13.9. The fourth-order valence-corrected chi connectivity index (χ4v) is 5.34. The van der Waals surface area contributed by atoms with Gasteiger partial charge in [0, 0.05) is 50.2 Å². The highest BCUT2D eigenvalue weighted by Gasteiger charge is 2.30. The number of carbonyl (C=O) groups is 2. The molecule has 0 unspecified atom stereocenters. The van der Waals surface area contributed by atoms with Gasteiger partial charge in [0.05, 0.1) is 11.4 Å². The average Bonchev–Trinajstić information content (AvgIpc) is 3.28. The molecule has 1 N–H and O–H groups in total. The summed E-state index contributed by atoms with van der Waals surface area (Å²) in [5.74, 6) is -0.484. The number of likely N-dealkylation sites (tertiary alicyclic amines) is 1. The Morgan fingerprint density at radius 1 is 1.03 bits per heavy atom. The van der Waals surface area contributed by atoms with E-state index in [-0.39, 0.29) is 36.3 Å². The summed E-state index contributed by atoms with van der Waals surface area (Å²) in [6.45, 7) is 1.56. The van der Waals surface area contributed by atoms with Crippen LogP contribution in [-0.4, -0.2) is 66.7 Å². The van der Waals surface area contributed by atoms with Gasteiger partial charge in [-0.2, -0.15) is 4.31 Å². The minimum absolute atomic E-state index is 0.0419. The van der Waals surface area contributed by atoms with E-state index in [4.69, 9.17) is 0 Å². The van der Waals surface area contributed by atoms with Gasteiger partial charge in [-0.15, -0.1) is 0 Å². The lowest BCUT2D eigenvalue weighted by molar-refractivity contribution is -0.122. The standard InChI is InChI=1S/C20H24N4O4S/c25-19-15-24(13-8-21-19)29(27,28)18-5-3-4-16(14-18)20(26)23-11-6-17(7-12-23)22-9-1-2-10-22/h1-5,9-10,14,17H,6-8,11-13,15H2,(H,21,25). The Bertz CT molecular complexity index is 995. The van der Waals surface area contributed by atoms with Gasteiger partial charge >= 0.3 is 0 Å². The molecular weight excluding hydrogens is 392 g/mol. The van der Waals surface area contributed by atoms with Crippen molar-refractivity contribution in [2.75, 3.05) is 32.7 Å². The van der Waals surface area contributed by atoms with E-state index in [1.54, 1.807) is 17.0 Å². The van der Waals surface area contributed by atoms with E-state index in [1.807, 2.05) is 24.5 Å². The normalized spacial score (nSPS) is 19.2. The first-order valence-corrected chi connectivity index (χ1v) is 11.2. The maximum absolute atomic E-state index is 12.9. The third-order valence-electron chi connectivity index (χ3n) is 5.52. The smallest absolute Gasteiger partial charge is 0.253 e. The van der Waals surface area contributed by atoms with Crippen molar-refractivity contribution < 1.29 is 18.0 Å². The van der Waals surface area contributed by atoms with Crippen molar-refractivity contribution in [2.45, 2.75) is 23.8 Å². The molecule has 2 aliphatic heterocycles. The summed E-state index contributed by atoms with van der Waals surface area (Å²) in [5.41, 5.74) is 0.354. The van der Waals surface area contributed by atoms with Crippen LogP contribution in [0, 0.1) is 0 Å². The highest BCUT2D eigenvalue weighted by Crippen LogP contribution is 2.24. The number of amides is 2. The van der Waals surface area contributed by atoms with Crippen LogP contribution in [0.25, 0.3) is 0 Å². The number of hydrogen-bond donors (Lipinski definition) is 1. The molecule has 1 aromatic carbocycles. The van der Waals surface area contributed by atoms with E-state index in [2.05, 4.69) is 9.88 Å². The molecule has 0 bridgehead atoms. The summed E-state index contributed by atoms with van der Waals surface area (Å²) in [5, 5.41) is 2.61. The second kappa shape index (κ2) is 8.00. The van der Waals surface area contributed by atoms with E-state index in [1.165, 1.54) is 12.1 Å². The van der Waals surface area contributed by atoms with Gasteiger partial charge in [-0.3, -0.25) is 9.59 Å². The largest absolute Gasteiger partial charge is 0.354 e. The number of hydrogen-bond acceptors (Lipinski definition) is 4. The second-order valence-corrected chi connectivity index (χ2v) is 9.31. The first kappa shape index (κ1) is 19.7. The molecule has 0 radical (unpaired) electrons. The molecule has 154 valence electrons. The van der Waals surface area contributed by atoms with E-state index in [0.29, 0.717) is 24.7 Å². The van der Waals surface area contributed by atoms with Crippen molar-refractivity contribution >= 4 is 21.8 Å². The third-order valence-corrected chi connectivity index (χ3v) is 7.36.